The second-order valence-electron chi connectivity index (χ2n) is 3.87. The second-order valence-corrected chi connectivity index (χ2v) is 4.23. The van der Waals surface area contributed by atoms with E-state index in [0.29, 0.717) is 5.28 Å². The zero-order valence-electron chi connectivity index (χ0n) is 7.81. The highest BCUT2D eigenvalue weighted by atomic mass is 35.5. The molecule has 0 radical (unpaired) electrons. The number of benzene rings is 1. The molecule has 0 bridgehead atoms. The van der Waals surface area contributed by atoms with Crippen LogP contribution in [0.5, 0.6) is 0 Å². The molecule has 14 heavy (non-hydrogen) atoms. The van der Waals surface area contributed by atoms with Crippen molar-refractivity contribution >= 4 is 22.6 Å². The first-order valence-corrected chi connectivity index (χ1v) is 5.38. The predicted molar refractivity (Wildman–Crippen MR) is 57.7 cm³/mol. The highest BCUT2D eigenvalue weighted by Crippen LogP contribution is 2.26. The quantitative estimate of drug-likeness (QED) is 0.705. The average Bonchev–Trinajstić information content (AvgIpc) is 2.53. The summed E-state index contributed by atoms with van der Waals surface area (Å²) in [5.41, 5.74) is 4.97. The summed E-state index contributed by atoms with van der Waals surface area (Å²) in [7, 11) is 0. The number of aromatic nitrogens is 2. The van der Waals surface area contributed by atoms with E-state index in [2.05, 4.69) is 22.1 Å². The zero-order valence-corrected chi connectivity index (χ0v) is 8.56. The third kappa shape index (κ3) is 1.22. The Morgan fingerprint density at radius 3 is 2.64 bits per heavy atom. The minimum absolute atomic E-state index is 0.488. The summed E-state index contributed by atoms with van der Waals surface area (Å²) >= 11 is 5.82. The molecule has 0 unspecified atom stereocenters. The molecule has 0 saturated carbocycles. The summed E-state index contributed by atoms with van der Waals surface area (Å²) in [6.07, 6.45) is 4.99. The number of aryl methyl sites for hydroxylation is 2. The van der Waals surface area contributed by atoms with Crippen molar-refractivity contribution in [1.82, 2.24) is 9.97 Å². The highest BCUT2D eigenvalue weighted by molar-refractivity contribution is 6.29. The third-order valence-electron chi connectivity index (χ3n) is 2.92. The minimum atomic E-state index is 0.488. The van der Waals surface area contributed by atoms with Gasteiger partial charge in [-0.05, 0) is 60.5 Å². The molecule has 3 rings (SSSR count). The van der Waals surface area contributed by atoms with Crippen molar-refractivity contribution in [1.29, 1.82) is 0 Å². The molecule has 1 aromatic carbocycles. The van der Waals surface area contributed by atoms with Gasteiger partial charge in [-0.15, -0.1) is 0 Å². The van der Waals surface area contributed by atoms with Crippen molar-refractivity contribution in [2.75, 3.05) is 0 Å². The molecule has 0 amide bonds. The summed E-state index contributed by atoms with van der Waals surface area (Å²) < 4.78 is 0. The Morgan fingerprint density at radius 1 is 1.14 bits per heavy atom. The van der Waals surface area contributed by atoms with E-state index in [-0.39, 0.29) is 0 Å². The number of imidazole rings is 1. The number of nitrogens with one attached hydrogen (secondary N) is 1. The van der Waals surface area contributed by atoms with Crippen LogP contribution in [-0.2, 0) is 12.8 Å². The van der Waals surface area contributed by atoms with Crippen molar-refractivity contribution in [3.63, 3.8) is 0 Å². The van der Waals surface area contributed by atoms with Gasteiger partial charge in [0.2, 0.25) is 5.28 Å². The van der Waals surface area contributed by atoms with Crippen LogP contribution in [0.3, 0.4) is 0 Å². The molecule has 1 aliphatic rings. The smallest absolute Gasteiger partial charge is 0.201 e. The van der Waals surface area contributed by atoms with Crippen LogP contribution < -0.4 is 0 Å². The molecule has 0 aliphatic heterocycles. The minimum Gasteiger partial charge on any atom is -0.329 e. The van der Waals surface area contributed by atoms with E-state index in [0.717, 1.165) is 11.0 Å². The average molecular weight is 207 g/mol. The lowest BCUT2D eigenvalue weighted by molar-refractivity contribution is 0.687. The third-order valence-corrected chi connectivity index (χ3v) is 3.10. The topological polar surface area (TPSA) is 28.7 Å². The number of hydrogen-bond acceptors (Lipinski definition) is 1. The molecule has 0 fully saturated rings. The molecule has 72 valence electrons. The van der Waals surface area contributed by atoms with Gasteiger partial charge in [0.15, 0.2) is 0 Å². The van der Waals surface area contributed by atoms with E-state index in [1.54, 1.807) is 0 Å². The number of fused-ring (bicyclic) bond motifs is 2. The Morgan fingerprint density at radius 2 is 1.86 bits per heavy atom. The van der Waals surface area contributed by atoms with Gasteiger partial charge in [0.05, 0.1) is 11.0 Å². The molecule has 1 aromatic heterocycles. The molecule has 0 saturated heterocycles. The van der Waals surface area contributed by atoms with Gasteiger partial charge >= 0.3 is 0 Å². The molecule has 1 heterocycles. The summed E-state index contributed by atoms with van der Waals surface area (Å²) in [6, 6.07) is 4.37. The van der Waals surface area contributed by atoms with Gasteiger partial charge in [0.1, 0.15) is 0 Å². The van der Waals surface area contributed by atoms with Gasteiger partial charge < -0.3 is 4.98 Å². The van der Waals surface area contributed by atoms with Crippen LogP contribution in [0.4, 0.5) is 0 Å². The molecule has 0 atom stereocenters. The SMILES string of the molecule is Clc1nc2cc3c(cc2[nH]1)CCCC3. The summed E-state index contributed by atoms with van der Waals surface area (Å²) in [4.78, 5) is 7.29. The lowest BCUT2D eigenvalue weighted by Crippen LogP contribution is -2.01. The molecule has 2 nitrogen and oxygen atoms in total. The number of aromatic amines is 1. The maximum Gasteiger partial charge on any atom is 0.201 e. The number of rotatable bonds is 0. The summed E-state index contributed by atoms with van der Waals surface area (Å²) in [6.45, 7) is 0. The van der Waals surface area contributed by atoms with E-state index in [1.807, 2.05) is 0 Å². The van der Waals surface area contributed by atoms with Gasteiger partial charge in [0.25, 0.3) is 0 Å². The van der Waals surface area contributed by atoms with Crippen molar-refractivity contribution in [3.05, 3.63) is 28.5 Å². The first kappa shape index (κ1) is 8.30. The van der Waals surface area contributed by atoms with Crippen molar-refractivity contribution in [2.24, 2.45) is 0 Å². The van der Waals surface area contributed by atoms with Crippen molar-refractivity contribution < 1.29 is 0 Å². The molecule has 1 N–H and O–H groups in total. The van der Waals surface area contributed by atoms with Crippen LogP contribution in [0.15, 0.2) is 12.1 Å². The van der Waals surface area contributed by atoms with Crippen LogP contribution in [0.1, 0.15) is 24.0 Å². The normalized spacial score (nSPS) is 15.8. The Kier molecular flexibility index (Phi) is 1.77. The fraction of sp³-hybridized carbons (Fsp3) is 0.364. The van der Waals surface area contributed by atoms with E-state index in [4.69, 9.17) is 11.6 Å². The van der Waals surface area contributed by atoms with Gasteiger partial charge in [0, 0.05) is 0 Å². The van der Waals surface area contributed by atoms with Gasteiger partial charge in [-0.25, -0.2) is 4.98 Å². The van der Waals surface area contributed by atoms with Crippen molar-refractivity contribution in [2.45, 2.75) is 25.7 Å². The Balaban J connectivity index is 2.26. The van der Waals surface area contributed by atoms with Gasteiger partial charge in [-0.1, -0.05) is 0 Å². The Bertz CT molecular complexity index is 444. The number of hydrogen-bond donors (Lipinski definition) is 1. The van der Waals surface area contributed by atoms with E-state index < -0.39 is 0 Å². The summed E-state index contributed by atoms with van der Waals surface area (Å²) in [5, 5.41) is 0.488. The summed E-state index contributed by atoms with van der Waals surface area (Å²) in [5.74, 6) is 0. The Hall–Kier alpha value is -1.02. The van der Waals surface area contributed by atoms with Crippen LogP contribution in [0.2, 0.25) is 5.28 Å². The van der Waals surface area contributed by atoms with E-state index >= 15 is 0 Å². The number of halogens is 1. The van der Waals surface area contributed by atoms with Gasteiger partial charge in [-0.2, -0.15) is 0 Å². The molecule has 0 spiro atoms. The van der Waals surface area contributed by atoms with Crippen LogP contribution in [0, 0.1) is 0 Å². The molecule has 2 aromatic rings. The van der Waals surface area contributed by atoms with Gasteiger partial charge in [-0.3, -0.25) is 0 Å². The fourth-order valence-electron chi connectivity index (χ4n) is 2.21. The first-order valence-electron chi connectivity index (χ1n) is 5.00. The number of H-pyrrole nitrogens is 1. The lowest BCUT2D eigenvalue weighted by atomic mass is 9.91. The zero-order chi connectivity index (χ0) is 9.54. The standard InChI is InChI=1S/C11H11ClN2/c12-11-13-9-5-7-3-1-2-4-8(7)6-10(9)14-11/h5-6H,1-4H2,(H,13,14). The predicted octanol–water partition coefficient (Wildman–Crippen LogP) is 3.10. The molecular weight excluding hydrogens is 196 g/mol. The monoisotopic (exact) mass is 206 g/mol. The Labute approximate surface area is 87.3 Å². The second kappa shape index (κ2) is 2.99. The maximum atomic E-state index is 5.82. The first-order chi connectivity index (χ1) is 6.83. The van der Waals surface area contributed by atoms with Crippen LogP contribution in [-0.4, -0.2) is 9.97 Å². The van der Waals surface area contributed by atoms with E-state index in [9.17, 15) is 0 Å². The van der Waals surface area contributed by atoms with Crippen molar-refractivity contribution in [3.8, 4) is 0 Å². The molecule has 1 aliphatic carbocycles. The largest absolute Gasteiger partial charge is 0.329 e. The van der Waals surface area contributed by atoms with E-state index in [1.165, 1.54) is 36.8 Å². The molecule has 3 heteroatoms. The molecular formula is C11H11ClN2. The fourth-order valence-corrected chi connectivity index (χ4v) is 2.40. The van der Waals surface area contributed by atoms with Crippen LogP contribution >= 0.6 is 11.6 Å². The highest BCUT2D eigenvalue weighted by Gasteiger charge is 2.11. The maximum absolute atomic E-state index is 5.82. The number of nitrogens with zero attached hydrogens (tertiary/aromatic N) is 1. The lowest BCUT2D eigenvalue weighted by Gasteiger charge is -2.14. The van der Waals surface area contributed by atoms with Crippen LogP contribution in [0.25, 0.3) is 11.0 Å².